The van der Waals surface area contributed by atoms with Crippen LogP contribution in [0.15, 0.2) is 6.20 Å². The van der Waals surface area contributed by atoms with Crippen molar-refractivity contribution in [2.75, 3.05) is 23.8 Å². The molecule has 0 radical (unpaired) electrons. The van der Waals surface area contributed by atoms with Gasteiger partial charge in [0.15, 0.2) is 5.65 Å². The number of rotatable bonds is 7. The number of aromatic nitrogens is 4. The Morgan fingerprint density at radius 2 is 2.15 bits per heavy atom. The molecule has 0 aliphatic rings. The number of anilines is 2. The highest BCUT2D eigenvalue weighted by Gasteiger charge is 2.16. The van der Waals surface area contributed by atoms with Crippen LogP contribution < -0.4 is 10.6 Å². The van der Waals surface area contributed by atoms with E-state index in [1.165, 1.54) is 0 Å². The van der Waals surface area contributed by atoms with E-state index in [1.54, 1.807) is 6.20 Å². The van der Waals surface area contributed by atoms with E-state index in [0.29, 0.717) is 23.9 Å². The first kappa shape index (κ1) is 14.5. The molecule has 0 bridgehead atoms. The van der Waals surface area contributed by atoms with Gasteiger partial charge >= 0.3 is 0 Å². The van der Waals surface area contributed by atoms with Crippen molar-refractivity contribution in [1.82, 2.24) is 20.2 Å². The second-order valence-corrected chi connectivity index (χ2v) is 5.07. The number of aliphatic hydroxyl groups is 1. The van der Waals surface area contributed by atoms with Gasteiger partial charge in [-0.3, -0.25) is 5.10 Å². The van der Waals surface area contributed by atoms with Crippen LogP contribution in [-0.4, -0.2) is 44.5 Å². The van der Waals surface area contributed by atoms with E-state index in [2.05, 4.69) is 44.6 Å². The van der Waals surface area contributed by atoms with Gasteiger partial charge in [-0.15, -0.1) is 0 Å². The Labute approximate surface area is 118 Å². The Kier molecular flexibility index (Phi) is 4.73. The van der Waals surface area contributed by atoms with Crippen LogP contribution in [0.25, 0.3) is 11.0 Å². The molecule has 0 aliphatic carbocycles. The van der Waals surface area contributed by atoms with Gasteiger partial charge in [0.2, 0.25) is 5.95 Å². The molecular weight excluding hydrogens is 256 g/mol. The molecule has 0 aromatic carbocycles. The van der Waals surface area contributed by atoms with Crippen LogP contribution in [0.1, 0.15) is 27.2 Å². The number of hydrogen-bond acceptors (Lipinski definition) is 6. The van der Waals surface area contributed by atoms with Crippen molar-refractivity contribution >= 4 is 22.8 Å². The zero-order chi connectivity index (χ0) is 14.5. The normalized spacial score (nSPS) is 12.8. The van der Waals surface area contributed by atoms with Gasteiger partial charge in [-0.05, 0) is 19.3 Å². The monoisotopic (exact) mass is 278 g/mol. The summed E-state index contributed by atoms with van der Waals surface area (Å²) in [4.78, 5) is 8.85. The number of nitrogens with one attached hydrogen (secondary N) is 3. The lowest BCUT2D eigenvalue weighted by Crippen LogP contribution is -2.27. The smallest absolute Gasteiger partial charge is 0.226 e. The topological polar surface area (TPSA) is 98.8 Å². The summed E-state index contributed by atoms with van der Waals surface area (Å²) in [6.07, 6.45) is 2.39. The van der Waals surface area contributed by atoms with Gasteiger partial charge in [-0.2, -0.15) is 15.1 Å². The van der Waals surface area contributed by atoms with Crippen LogP contribution in [0.4, 0.5) is 11.8 Å². The average Bonchev–Trinajstić information content (AvgIpc) is 2.86. The minimum atomic E-state index is 0.148. The fourth-order valence-corrected chi connectivity index (χ4v) is 2.07. The molecule has 0 saturated heterocycles. The van der Waals surface area contributed by atoms with E-state index in [9.17, 15) is 5.11 Å². The van der Waals surface area contributed by atoms with Gasteiger partial charge in [0.05, 0.1) is 11.6 Å². The second-order valence-electron chi connectivity index (χ2n) is 5.07. The van der Waals surface area contributed by atoms with E-state index < -0.39 is 0 Å². The third-order valence-corrected chi connectivity index (χ3v) is 3.21. The third kappa shape index (κ3) is 3.16. The first-order valence-electron chi connectivity index (χ1n) is 6.98. The predicted molar refractivity (Wildman–Crippen MR) is 79.8 cm³/mol. The second kappa shape index (κ2) is 6.51. The molecule has 2 aromatic rings. The number of H-pyrrole nitrogens is 1. The van der Waals surface area contributed by atoms with Crippen molar-refractivity contribution in [3.63, 3.8) is 0 Å². The Morgan fingerprint density at radius 1 is 1.35 bits per heavy atom. The van der Waals surface area contributed by atoms with Gasteiger partial charge in [0, 0.05) is 19.2 Å². The molecule has 2 rings (SSSR count). The van der Waals surface area contributed by atoms with E-state index in [-0.39, 0.29) is 12.6 Å². The molecule has 2 heterocycles. The number of hydrogen-bond donors (Lipinski definition) is 4. The van der Waals surface area contributed by atoms with E-state index >= 15 is 0 Å². The van der Waals surface area contributed by atoms with E-state index in [1.807, 2.05) is 6.92 Å². The Hall–Kier alpha value is -1.89. The molecule has 4 N–H and O–H groups in total. The standard InChI is InChI=1S/C13H22N6O/c1-4-14-13-17-11(9-7-15-19-12(9)18-13)16-10(5-6-20)8(2)3/h7-8,10,20H,4-6H2,1-3H3,(H3,14,15,16,17,18,19). The average molecular weight is 278 g/mol. The van der Waals surface area contributed by atoms with Crippen molar-refractivity contribution in [2.24, 2.45) is 5.92 Å². The third-order valence-electron chi connectivity index (χ3n) is 3.21. The lowest BCUT2D eigenvalue weighted by atomic mass is 10.0. The quantitative estimate of drug-likeness (QED) is 0.614. The van der Waals surface area contributed by atoms with Crippen LogP contribution in [-0.2, 0) is 0 Å². The number of nitrogens with zero attached hydrogens (tertiary/aromatic N) is 3. The molecule has 1 atom stereocenters. The highest BCUT2D eigenvalue weighted by molar-refractivity contribution is 5.87. The molecule has 0 spiro atoms. The fourth-order valence-electron chi connectivity index (χ4n) is 2.07. The summed E-state index contributed by atoms with van der Waals surface area (Å²) in [5, 5.41) is 23.4. The minimum Gasteiger partial charge on any atom is -0.396 e. The SMILES string of the molecule is CCNc1nc(NC(CCO)C(C)C)c2cn[nH]c2n1. The predicted octanol–water partition coefficient (Wildman–Crippen LogP) is 1.60. The number of fused-ring (bicyclic) bond motifs is 1. The number of aliphatic hydroxyl groups excluding tert-OH is 1. The molecule has 0 fully saturated rings. The Bertz CT molecular complexity index is 553. The maximum absolute atomic E-state index is 9.17. The first-order valence-corrected chi connectivity index (χ1v) is 6.98. The molecule has 7 heteroatoms. The molecule has 1 unspecified atom stereocenters. The van der Waals surface area contributed by atoms with Crippen molar-refractivity contribution in [3.8, 4) is 0 Å². The molecule has 0 aliphatic heterocycles. The highest BCUT2D eigenvalue weighted by Crippen LogP contribution is 2.22. The molecular formula is C13H22N6O. The van der Waals surface area contributed by atoms with Gasteiger partial charge in [0.1, 0.15) is 5.82 Å². The Morgan fingerprint density at radius 3 is 2.80 bits per heavy atom. The van der Waals surface area contributed by atoms with E-state index in [0.717, 1.165) is 17.7 Å². The summed E-state index contributed by atoms with van der Waals surface area (Å²) in [5.74, 6) is 1.70. The van der Waals surface area contributed by atoms with Crippen LogP contribution in [0.3, 0.4) is 0 Å². The van der Waals surface area contributed by atoms with Gasteiger partial charge < -0.3 is 15.7 Å². The first-order chi connectivity index (χ1) is 9.65. The van der Waals surface area contributed by atoms with Crippen molar-refractivity contribution < 1.29 is 5.11 Å². The van der Waals surface area contributed by atoms with Gasteiger partial charge in [0.25, 0.3) is 0 Å². The van der Waals surface area contributed by atoms with Crippen molar-refractivity contribution in [1.29, 1.82) is 0 Å². The van der Waals surface area contributed by atoms with Crippen LogP contribution >= 0.6 is 0 Å². The van der Waals surface area contributed by atoms with Crippen molar-refractivity contribution in [3.05, 3.63) is 6.20 Å². The van der Waals surface area contributed by atoms with Gasteiger partial charge in [-0.1, -0.05) is 13.8 Å². The van der Waals surface area contributed by atoms with Gasteiger partial charge in [-0.25, -0.2) is 0 Å². The fraction of sp³-hybridized carbons (Fsp3) is 0.615. The van der Waals surface area contributed by atoms with Crippen LogP contribution in [0, 0.1) is 5.92 Å². The largest absolute Gasteiger partial charge is 0.396 e. The molecule has 2 aromatic heterocycles. The molecule has 7 nitrogen and oxygen atoms in total. The summed E-state index contributed by atoms with van der Waals surface area (Å²) < 4.78 is 0. The minimum absolute atomic E-state index is 0.148. The summed E-state index contributed by atoms with van der Waals surface area (Å²) in [6.45, 7) is 7.13. The summed E-state index contributed by atoms with van der Waals surface area (Å²) in [7, 11) is 0. The highest BCUT2D eigenvalue weighted by atomic mass is 16.3. The lowest BCUT2D eigenvalue weighted by molar-refractivity contribution is 0.267. The molecule has 20 heavy (non-hydrogen) atoms. The number of aromatic amines is 1. The van der Waals surface area contributed by atoms with Crippen LogP contribution in [0.5, 0.6) is 0 Å². The van der Waals surface area contributed by atoms with Crippen molar-refractivity contribution in [2.45, 2.75) is 33.2 Å². The molecule has 0 amide bonds. The van der Waals surface area contributed by atoms with E-state index in [4.69, 9.17) is 0 Å². The Balaban J connectivity index is 2.33. The summed E-state index contributed by atoms with van der Waals surface area (Å²) in [5.41, 5.74) is 0.699. The molecule has 0 saturated carbocycles. The zero-order valence-corrected chi connectivity index (χ0v) is 12.1. The maximum Gasteiger partial charge on any atom is 0.226 e. The summed E-state index contributed by atoms with van der Waals surface area (Å²) in [6, 6.07) is 0.155. The lowest BCUT2D eigenvalue weighted by Gasteiger charge is -2.22. The molecule has 110 valence electrons. The van der Waals surface area contributed by atoms with Crippen LogP contribution in [0.2, 0.25) is 0 Å². The zero-order valence-electron chi connectivity index (χ0n) is 12.1. The summed E-state index contributed by atoms with van der Waals surface area (Å²) >= 11 is 0. The maximum atomic E-state index is 9.17.